The van der Waals surface area contributed by atoms with E-state index in [0.29, 0.717) is 12.3 Å². The van der Waals surface area contributed by atoms with Crippen LogP contribution in [0.5, 0.6) is 11.5 Å². The van der Waals surface area contributed by atoms with Gasteiger partial charge in [0.15, 0.2) is 6.61 Å². The number of amides is 2. The number of nitrogens with two attached hydrogens (primary N) is 1. The van der Waals surface area contributed by atoms with Gasteiger partial charge in [0.05, 0.1) is 12.7 Å². The van der Waals surface area contributed by atoms with E-state index in [-0.39, 0.29) is 23.8 Å². The first-order valence-corrected chi connectivity index (χ1v) is 8.15. The Hall–Kier alpha value is -2.50. The summed E-state index contributed by atoms with van der Waals surface area (Å²) in [6, 6.07) is 4.68. The number of benzene rings is 1. The van der Waals surface area contributed by atoms with E-state index in [0.717, 1.165) is 19.3 Å². The molecule has 0 fully saturated rings. The molecule has 0 bridgehead atoms. The second kappa shape index (κ2) is 8.96. The molecule has 0 aliphatic heterocycles. The molecular weight excluding hydrogens is 308 g/mol. The molecule has 0 unspecified atom stereocenters. The van der Waals surface area contributed by atoms with Crippen LogP contribution in [0.15, 0.2) is 29.8 Å². The zero-order valence-electron chi connectivity index (χ0n) is 14.0. The fourth-order valence-electron chi connectivity index (χ4n) is 2.64. The van der Waals surface area contributed by atoms with Gasteiger partial charge < -0.3 is 20.5 Å². The van der Waals surface area contributed by atoms with Crippen molar-refractivity contribution in [2.24, 2.45) is 5.73 Å². The second-order valence-corrected chi connectivity index (χ2v) is 5.72. The van der Waals surface area contributed by atoms with Gasteiger partial charge in [-0.2, -0.15) is 0 Å². The van der Waals surface area contributed by atoms with Crippen molar-refractivity contribution in [1.82, 2.24) is 5.32 Å². The quantitative estimate of drug-likeness (QED) is 0.714. The standard InChI is InChI=1S/C18H24N2O4/c1-23-14-7-8-15(18(19)22)16(11-14)24-12-17(21)20-10-9-13-5-3-2-4-6-13/h5,7-8,11H,2-4,6,9-10,12H2,1H3,(H2,19,22)(H,20,21). The molecular formula is C18H24N2O4. The molecule has 6 nitrogen and oxygen atoms in total. The number of methoxy groups -OCH3 is 1. The maximum absolute atomic E-state index is 11.9. The number of allylic oxidation sites excluding steroid dienone is 1. The molecule has 1 aliphatic carbocycles. The van der Waals surface area contributed by atoms with Crippen LogP contribution in [0.25, 0.3) is 0 Å². The summed E-state index contributed by atoms with van der Waals surface area (Å²) in [6.07, 6.45) is 7.89. The normalized spacial score (nSPS) is 13.8. The van der Waals surface area contributed by atoms with E-state index >= 15 is 0 Å². The molecule has 0 atom stereocenters. The molecule has 0 saturated heterocycles. The molecule has 1 aromatic carbocycles. The van der Waals surface area contributed by atoms with Crippen LogP contribution in [0, 0.1) is 0 Å². The van der Waals surface area contributed by atoms with Crippen LogP contribution in [0.4, 0.5) is 0 Å². The molecule has 0 heterocycles. The maximum Gasteiger partial charge on any atom is 0.257 e. The zero-order chi connectivity index (χ0) is 17.4. The van der Waals surface area contributed by atoms with Crippen LogP contribution in [0.1, 0.15) is 42.5 Å². The smallest absolute Gasteiger partial charge is 0.257 e. The first-order valence-electron chi connectivity index (χ1n) is 8.15. The van der Waals surface area contributed by atoms with Crippen molar-refractivity contribution < 1.29 is 19.1 Å². The van der Waals surface area contributed by atoms with Crippen molar-refractivity contribution in [2.75, 3.05) is 20.3 Å². The van der Waals surface area contributed by atoms with Gasteiger partial charge in [-0.15, -0.1) is 0 Å². The highest BCUT2D eigenvalue weighted by Gasteiger charge is 2.12. The minimum Gasteiger partial charge on any atom is -0.497 e. The summed E-state index contributed by atoms with van der Waals surface area (Å²) in [7, 11) is 1.51. The lowest BCUT2D eigenvalue weighted by molar-refractivity contribution is -0.123. The summed E-state index contributed by atoms with van der Waals surface area (Å²) in [5.74, 6) is -0.0754. The molecule has 0 aromatic heterocycles. The largest absolute Gasteiger partial charge is 0.497 e. The van der Waals surface area contributed by atoms with Gasteiger partial charge in [-0.05, 0) is 44.2 Å². The van der Waals surface area contributed by atoms with Crippen molar-refractivity contribution in [3.05, 3.63) is 35.4 Å². The van der Waals surface area contributed by atoms with Crippen molar-refractivity contribution in [1.29, 1.82) is 0 Å². The number of rotatable bonds is 8. The Kier molecular flexibility index (Phi) is 6.66. The lowest BCUT2D eigenvalue weighted by Gasteiger charge is -2.14. The predicted octanol–water partition coefficient (Wildman–Crippen LogP) is 2.18. The first-order chi connectivity index (χ1) is 11.6. The minimum absolute atomic E-state index is 0.174. The monoisotopic (exact) mass is 332 g/mol. The van der Waals surface area contributed by atoms with E-state index in [1.165, 1.54) is 31.6 Å². The van der Waals surface area contributed by atoms with Crippen molar-refractivity contribution >= 4 is 11.8 Å². The highest BCUT2D eigenvalue weighted by molar-refractivity contribution is 5.96. The van der Waals surface area contributed by atoms with Gasteiger partial charge >= 0.3 is 0 Å². The van der Waals surface area contributed by atoms with E-state index in [1.54, 1.807) is 12.1 Å². The summed E-state index contributed by atoms with van der Waals surface area (Å²) in [5, 5.41) is 2.83. The molecule has 0 saturated carbocycles. The number of ether oxygens (including phenoxy) is 2. The van der Waals surface area contributed by atoms with Gasteiger partial charge in [-0.25, -0.2) is 0 Å². The van der Waals surface area contributed by atoms with Crippen molar-refractivity contribution in [2.45, 2.75) is 32.1 Å². The number of nitrogens with one attached hydrogen (secondary N) is 1. The molecule has 0 radical (unpaired) electrons. The van der Waals surface area contributed by atoms with Gasteiger partial charge in [-0.1, -0.05) is 11.6 Å². The van der Waals surface area contributed by atoms with Crippen LogP contribution in [-0.4, -0.2) is 32.1 Å². The zero-order valence-corrected chi connectivity index (χ0v) is 14.0. The van der Waals surface area contributed by atoms with E-state index in [4.69, 9.17) is 15.2 Å². The number of hydrogen-bond acceptors (Lipinski definition) is 4. The Morgan fingerprint density at radius 3 is 2.79 bits per heavy atom. The lowest BCUT2D eigenvalue weighted by Crippen LogP contribution is -2.30. The third kappa shape index (κ3) is 5.30. The van der Waals surface area contributed by atoms with Crippen LogP contribution < -0.4 is 20.5 Å². The number of hydrogen-bond donors (Lipinski definition) is 2. The van der Waals surface area contributed by atoms with Crippen LogP contribution in [0.3, 0.4) is 0 Å². The molecule has 0 spiro atoms. The predicted molar refractivity (Wildman–Crippen MR) is 91.2 cm³/mol. The van der Waals surface area contributed by atoms with E-state index in [2.05, 4.69) is 11.4 Å². The SMILES string of the molecule is COc1ccc(C(N)=O)c(OCC(=O)NCCC2=CCCCC2)c1. The molecule has 130 valence electrons. The molecule has 2 rings (SSSR count). The van der Waals surface area contributed by atoms with Gasteiger partial charge in [0.1, 0.15) is 11.5 Å². The highest BCUT2D eigenvalue weighted by Crippen LogP contribution is 2.24. The van der Waals surface area contributed by atoms with E-state index < -0.39 is 5.91 Å². The summed E-state index contributed by atoms with van der Waals surface area (Å²) >= 11 is 0. The van der Waals surface area contributed by atoms with E-state index in [1.807, 2.05) is 0 Å². The van der Waals surface area contributed by atoms with Crippen LogP contribution in [0.2, 0.25) is 0 Å². The van der Waals surface area contributed by atoms with Crippen molar-refractivity contribution in [3.8, 4) is 11.5 Å². The Balaban J connectivity index is 1.82. The second-order valence-electron chi connectivity index (χ2n) is 5.72. The average molecular weight is 332 g/mol. The molecule has 2 amide bonds. The Bertz CT molecular complexity index is 625. The average Bonchev–Trinajstić information content (AvgIpc) is 2.60. The van der Waals surface area contributed by atoms with Crippen molar-refractivity contribution in [3.63, 3.8) is 0 Å². The molecule has 1 aliphatic rings. The summed E-state index contributed by atoms with van der Waals surface area (Å²) in [4.78, 5) is 23.3. The summed E-state index contributed by atoms with van der Waals surface area (Å²) in [6.45, 7) is 0.418. The molecule has 1 aromatic rings. The van der Waals surface area contributed by atoms with Gasteiger partial charge in [0.2, 0.25) is 0 Å². The Morgan fingerprint density at radius 2 is 2.12 bits per heavy atom. The minimum atomic E-state index is -0.614. The van der Waals surface area contributed by atoms with Crippen LogP contribution in [-0.2, 0) is 4.79 Å². The van der Waals surface area contributed by atoms with Gasteiger partial charge in [-0.3, -0.25) is 9.59 Å². The maximum atomic E-state index is 11.9. The fraction of sp³-hybridized carbons (Fsp3) is 0.444. The topological polar surface area (TPSA) is 90.7 Å². The van der Waals surface area contributed by atoms with Crippen LogP contribution >= 0.6 is 0 Å². The number of carbonyl (C=O) groups is 2. The fourth-order valence-corrected chi connectivity index (χ4v) is 2.64. The highest BCUT2D eigenvalue weighted by atomic mass is 16.5. The molecule has 6 heteroatoms. The molecule has 3 N–H and O–H groups in total. The lowest BCUT2D eigenvalue weighted by atomic mass is 9.97. The first kappa shape index (κ1) is 17.8. The Morgan fingerprint density at radius 1 is 1.29 bits per heavy atom. The Labute approximate surface area is 142 Å². The summed E-state index contributed by atoms with van der Waals surface area (Å²) in [5.41, 5.74) is 6.94. The third-order valence-corrected chi connectivity index (χ3v) is 3.97. The third-order valence-electron chi connectivity index (χ3n) is 3.97. The van der Waals surface area contributed by atoms with Gasteiger partial charge in [0.25, 0.3) is 11.8 Å². The summed E-state index contributed by atoms with van der Waals surface area (Å²) < 4.78 is 10.5. The number of carbonyl (C=O) groups excluding carboxylic acids is 2. The molecule has 24 heavy (non-hydrogen) atoms. The number of primary amides is 1. The van der Waals surface area contributed by atoms with E-state index in [9.17, 15) is 9.59 Å². The van der Waals surface area contributed by atoms with Gasteiger partial charge in [0, 0.05) is 12.6 Å².